The molecule has 142 heavy (non-hydrogen) atoms. The molecule has 2 fully saturated rings. The lowest BCUT2D eigenvalue weighted by molar-refractivity contribution is -0.141. The maximum absolute atomic E-state index is 13.5. The molecule has 0 spiro atoms. The van der Waals surface area contributed by atoms with Gasteiger partial charge in [0.2, 0.25) is 0 Å². The minimum atomic E-state index is -0.904. The van der Waals surface area contributed by atoms with Crippen molar-refractivity contribution in [1.82, 2.24) is 29.9 Å². The Labute approximate surface area is 827 Å². The molecule has 3 aromatic heterocycles. The van der Waals surface area contributed by atoms with Crippen molar-refractivity contribution in [2.75, 3.05) is 0 Å². The van der Waals surface area contributed by atoms with Crippen LogP contribution in [0, 0.1) is 138 Å². The Hall–Kier alpha value is -15.9. The topological polar surface area (TPSA) is 349 Å². The fraction of sp³-hybridized carbons (Fsp3) is 0.330. The monoisotopic (exact) mass is 1920 g/mol. The third-order valence-electron chi connectivity index (χ3n) is 23.5. The van der Waals surface area contributed by atoms with Crippen molar-refractivity contribution in [2.45, 2.75) is 222 Å². The van der Waals surface area contributed by atoms with E-state index in [4.69, 9.17) is 55.8 Å². The zero-order valence-electron chi connectivity index (χ0n) is 81.0. The van der Waals surface area contributed by atoms with Gasteiger partial charge in [0.25, 0.3) is 0 Å². The van der Waals surface area contributed by atoms with Crippen LogP contribution in [0.15, 0.2) is 219 Å². The summed E-state index contributed by atoms with van der Waals surface area (Å²) in [7, 11) is 0. The number of aryl methyl sites for hydroxylation is 5. The van der Waals surface area contributed by atoms with Crippen LogP contribution in [0.3, 0.4) is 0 Å². The summed E-state index contributed by atoms with van der Waals surface area (Å²) < 4.78 is 102. The highest BCUT2D eigenvalue weighted by atomic mass is 19.2. The summed E-state index contributed by atoms with van der Waals surface area (Å²) in [5.74, 6) is -2.75. The van der Waals surface area contributed by atoms with Gasteiger partial charge in [-0.1, -0.05) is 150 Å². The lowest BCUT2D eigenvalue weighted by Crippen LogP contribution is -2.25. The first-order valence-corrected chi connectivity index (χ1v) is 48.0. The van der Waals surface area contributed by atoms with E-state index in [0.29, 0.717) is 33.9 Å². The Morgan fingerprint density at radius 3 is 0.937 bits per heavy atom. The van der Waals surface area contributed by atoms with Crippen molar-refractivity contribution < 1.29 is 64.5 Å². The average molecular weight is 1920 g/mol. The number of carbonyl (C=O) groups is 4. The molecular weight excluding hydrogens is 1810 g/mol. The van der Waals surface area contributed by atoms with Gasteiger partial charge in [0.15, 0.2) is 17.5 Å². The first kappa shape index (κ1) is 111. The van der Waals surface area contributed by atoms with Gasteiger partial charge in [-0.15, -0.1) is 0 Å². The molecule has 9 aromatic carbocycles. The molecule has 2 aliphatic carbocycles. The molecule has 0 aliphatic heterocycles. The van der Waals surface area contributed by atoms with Gasteiger partial charge < -0.3 is 18.9 Å². The Bertz CT molecular complexity index is 6370. The van der Waals surface area contributed by atoms with Crippen LogP contribution in [0.4, 0.5) is 26.3 Å². The van der Waals surface area contributed by atoms with E-state index >= 15 is 0 Å². The number of nitrogens with zero attached hydrogens (tertiary/aromatic N) is 13. The van der Waals surface area contributed by atoms with Crippen LogP contribution in [0.25, 0.3) is 34.2 Å². The SMILES string of the molecule is CCCCC1CCC(C(=O)Oc2ccc(C#N)c(F)c2)CC1.CCCCCC1CCC(C(=O)Oc2ccc(C#N)c(F)c2)CC1.CCCCCc1cnc(-c2ccc(C#N)cc2)nc1.CCCCc1cnc(-c2ccc(C#N)cc2)nc1.CCCc1ccc(C(=O)Oc2ccc(C#N)c(F)c2)cc1.CCCc1cnc(-c2cc(F)c(C#N)c(F)c2)nc1.CCc1ccc(C(=O)Oc2ccc(C#N)c(F)c2)cc1. The van der Waals surface area contributed by atoms with Crippen molar-refractivity contribution in [2.24, 2.45) is 23.7 Å². The van der Waals surface area contributed by atoms with E-state index in [0.717, 1.165) is 172 Å². The van der Waals surface area contributed by atoms with Crippen molar-refractivity contribution in [3.8, 4) is 99.6 Å². The van der Waals surface area contributed by atoms with Crippen LogP contribution in [0.5, 0.6) is 23.0 Å². The van der Waals surface area contributed by atoms with Gasteiger partial charge in [-0.3, -0.25) is 9.59 Å². The number of hydrogen-bond donors (Lipinski definition) is 0. The number of benzene rings is 9. The van der Waals surface area contributed by atoms with E-state index in [1.165, 1.54) is 143 Å². The zero-order chi connectivity index (χ0) is 103. The molecule has 730 valence electrons. The smallest absolute Gasteiger partial charge is 0.343 e. The van der Waals surface area contributed by atoms with Crippen molar-refractivity contribution in [1.29, 1.82) is 36.8 Å². The number of hydrogen-bond acceptors (Lipinski definition) is 21. The van der Waals surface area contributed by atoms with Crippen molar-refractivity contribution in [3.63, 3.8) is 0 Å². The second kappa shape index (κ2) is 60.7. The Kier molecular flexibility index (Phi) is 47.7. The van der Waals surface area contributed by atoms with Crippen LogP contribution in [0.1, 0.15) is 277 Å². The molecule has 27 heteroatoms. The number of esters is 4. The van der Waals surface area contributed by atoms with Gasteiger partial charge in [-0.05, 0) is 269 Å². The molecule has 14 rings (SSSR count). The summed E-state index contributed by atoms with van der Waals surface area (Å²) in [4.78, 5) is 73.8. The summed E-state index contributed by atoms with van der Waals surface area (Å²) in [6.45, 7) is 14.9. The quantitative estimate of drug-likeness (QED) is 0.0175. The zero-order valence-corrected chi connectivity index (χ0v) is 81.0. The maximum Gasteiger partial charge on any atom is 0.343 e. The number of carbonyl (C=O) groups excluding carboxylic acids is 4. The minimum Gasteiger partial charge on any atom is -0.426 e. The molecule has 0 N–H and O–H groups in total. The standard InChI is InChI=1S/C19H24FNO2.C18H22FNO2.C17H14FNO2.C16H12FNO2.C16H17N3.C15H15N3.C14H11F2N3/c1-2-3-4-5-14-6-8-15(9-7-14)19(22)23-17-11-10-16(13-21)18(20)12-17;1-2-3-4-13-5-7-14(8-6-13)18(21)22-16-10-9-15(12-20)17(19)11-16;1-2-3-12-4-6-13(7-5-12)17(20)21-15-9-8-14(11-19)16(18)10-15;1-2-11-3-5-12(6-4-11)16(19)20-14-8-7-13(10-18)15(17)9-14;1-2-3-4-5-14-11-18-16(19-12-14)15-8-6-13(10-17)7-9-15;1-2-3-4-13-10-17-15(18-11-13)14-7-5-12(9-16)6-8-14;1-2-3-9-7-18-14(19-8-9)10-4-12(15)11(6-17)13(16)5-10/h10-12,14-15H,2-9H2,1H3;9-11,13-14H,2-8H2,1H3;4-10H,2-3H2,1H3;3-9H,2H2,1H3;6-9,11-12H,2-5H2,1H3;5-8,10-11H,2-4H2,1H3;4-5,7-8H,2-3H2,1H3. The van der Waals surface area contributed by atoms with E-state index in [2.05, 4.69) is 76.7 Å². The molecule has 21 nitrogen and oxygen atoms in total. The first-order valence-electron chi connectivity index (χ1n) is 48.0. The molecule has 0 atom stereocenters. The van der Waals surface area contributed by atoms with Gasteiger partial charge in [0, 0.05) is 78.1 Å². The lowest BCUT2D eigenvalue weighted by Gasteiger charge is -2.27. The number of ether oxygens (including phenoxy) is 4. The fourth-order valence-electron chi connectivity index (χ4n) is 15.2. The minimum absolute atomic E-state index is 0.0441. The van der Waals surface area contributed by atoms with E-state index in [1.807, 2.05) is 87.2 Å². The first-order chi connectivity index (χ1) is 68.8. The van der Waals surface area contributed by atoms with Crippen molar-refractivity contribution >= 4 is 23.9 Å². The predicted octanol–water partition coefficient (Wildman–Crippen LogP) is 27.3. The molecule has 0 radical (unpaired) electrons. The fourth-order valence-corrected chi connectivity index (χ4v) is 15.2. The highest BCUT2D eigenvalue weighted by Gasteiger charge is 2.30. The van der Waals surface area contributed by atoms with E-state index < -0.39 is 52.4 Å². The summed E-state index contributed by atoms with van der Waals surface area (Å²) in [5, 5.41) is 60.7. The molecule has 2 saturated carbocycles. The third-order valence-corrected chi connectivity index (χ3v) is 23.5. The molecule has 0 bridgehead atoms. The number of halogens is 6. The van der Waals surface area contributed by atoms with Gasteiger partial charge in [-0.25, -0.2) is 65.8 Å². The van der Waals surface area contributed by atoms with Crippen LogP contribution >= 0.6 is 0 Å². The maximum atomic E-state index is 13.5. The predicted molar refractivity (Wildman–Crippen MR) is 529 cm³/mol. The second-order valence-electron chi connectivity index (χ2n) is 34.1. The van der Waals surface area contributed by atoms with Gasteiger partial charge in [0.05, 0.1) is 68.5 Å². The third kappa shape index (κ3) is 36.8. The molecular formula is C115H115F6N13O8. The van der Waals surface area contributed by atoms with E-state index in [-0.39, 0.29) is 80.4 Å². The summed E-state index contributed by atoms with van der Waals surface area (Å²) in [5.41, 5.74) is 8.96. The number of unbranched alkanes of at least 4 members (excludes halogenated alkanes) is 6. The van der Waals surface area contributed by atoms with Gasteiger partial charge >= 0.3 is 23.9 Å². The van der Waals surface area contributed by atoms with Gasteiger partial charge in [-0.2, -0.15) is 36.8 Å². The Balaban J connectivity index is 0.000000203. The molecule has 0 saturated heterocycles. The lowest BCUT2D eigenvalue weighted by atomic mass is 9.80. The highest BCUT2D eigenvalue weighted by molar-refractivity contribution is 5.92. The summed E-state index contributed by atoms with van der Waals surface area (Å²) in [6.07, 6.45) is 40.1. The normalized spacial score (nSPS) is 13.5. The average Bonchev–Trinajstić information content (AvgIpc) is 0.807. The van der Waals surface area contributed by atoms with Crippen LogP contribution in [-0.2, 0) is 41.7 Å². The Morgan fingerprint density at radius 1 is 0.296 bits per heavy atom. The molecule has 12 aromatic rings. The van der Waals surface area contributed by atoms with E-state index in [9.17, 15) is 45.5 Å². The molecule has 0 unspecified atom stereocenters. The number of aromatic nitrogens is 6. The largest absolute Gasteiger partial charge is 0.426 e. The summed E-state index contributed by atoms with van der Waals surface area (Å²) >= 11 is 0. The van der Waals surface area contributed by atoms with Crippen LogP contribution < -0.4 is 18.9 Å². The Morgan fingerprint density at radius 2 is 0.613 bits per heavy atom. The molecule has 0 amide bonds. The number of rotatable bonds is 30. The van der Waals surface area contributed by atoms with Crippen molar-refractivity contribution in [3.05, 3.63) is 332 Å². The van der Waals surface area contributed by atoms with E-state index in [1.54, 1.807) is 85.2 Å². The van der Waals surface area contributed by atoms with Crippen LogP contribution in [0.2, 0.25) is 0 Å². The van der Waals surface area contributed by atoms with Gasteiger partial charge in [0.1, 0.15) is 93.8 Å². The van der Waals surface area contributed by atoms with Crippen LogP contribution in [-0.4, -0.2) is 53.8 Å². The molecule has 2 aliphatic rings. The second-order valence-corrected chi connectivity index (χ2v) is 34.1. The summed E-state index contributed by atoms with van der Waals surface area (Å²) in [6, 6.07) is 58.7. The highest BCUT2D eigenvalue weighted by Crippen LogP contribution is 2.36. The number of nitriles is 7. The molecule has 3 heterocycles.